The highest BCUT2D eigenvalue weighted by atomic mass is 19.1. The zero-order chi connectivity index (χ0) is 23.7. The van der Waals surface area contributed by atoms with Crippen molar-refractivity contribution in [3.8, 4) is 0 Å². The molecule has 8 heteroatoms. The van der Waals surface area contributed by atoms with Crippen LogP contribution < -0.4 is 10.7 Å². The van der Waals surface area contributed by atoms with Gasteiger partial charge in [0.1, 0.15) is 17.3 Å². The van der Waals surface area contributed by atoms with E-state index in [4.69, 9.17) is 4.42 Å². The number of amides is 2. The van der Waals surface area contributed by atoms with Crippen LogP contribution in [-0.4, -0.2) is 22.5 Å². The van der Waals surface area contributed by atoms with Crippen LogP contribution in [-0.2, 0) is 6.42 Å². The lowest BCUT2D eigenvalue weighted by molar-refractivity contribution is 0.0949. The van der Waals surface area contributed by atoms with Crippen LogP contribution in [0.5, 0.6) is 0 Å². The Hall–Kier alpha value is -4.33. The van der Waals surface area contributed by atoms with Gasteiger partial charge in [0, 0.05) is 22.9 Å². The summed E-state index contributed by atoms with van der Waals surface area (Å²) in [5, 5.41) is 7.83. The fourth-order valence-electron chi connectivity index (χ4n) is 4.11. The molecule has 2 amide bonds. The van der Waals surface area contributed by atoms with Crippen molar-refractivity contribution < 1.29 is 18.4 Å². The number of aromatic nitrogens is 1. The van der Waals surface area contributed by atoms with E-state index in [0.29, 0.717) is 35.4 Å². The summed E-state index contributed by atoms with van der Waals surface area (Å²) < 4.78 is 19.8. The summed E-state index contributed by atoms with van der Waals surface area (Å²) in [7, 11) is 0. The molecule has 0 radical (unpaired) electrons. The van der Waals surface area contributed by atoms with E-state index < -0.39 is 17.6 Å². The summed E-state index contributed by atoms with van der Waals surface area (Å²) >= 11 is 0. The van der Waals surface area contributed by atoms with Crippen LogP contribution in [0.25, 0.3) is 10.9 Å². The average Bonchev–Trinajstić information content (AvgIpc) is 3.20. The Kier molecular flexibility index (Phi) is 5.63. The van der Waals surface area contributed by atoms with Gasteiger partial charge in [0.25, 0.3) is 11.8 Å². The van der Waals surface area contributed by atoms with Gasteiger partial charge in [-0.3, -0.25) is 9.59 Å². The summed E-state index contributed by atoms with van der Waals surface area (Å²) in [6.45, 7) is 1.76. The average molecular weight is 456 g/mol. The van der Waals surface area contributed by atoms with Gasteiger partial charge in [0.15, 0.2) is 5.76 Å². The molecule has 5 rings (SSSR count). The third kappa shape index (κ3) is 4.05. The van der Waals surface area contributed by atoms with Crippen LogP contribution in [0.15, 0.2) is 70.2 Å². The second-order valence-electron chi connectivity index (χ2n) is 8.03. The second-order valence-corrected chi connectivity index (χ2v) is 8.03. The molecule has 0 bridgehead atoms. The fraction of sp³-hybridized carbons (Fsp3) is 0.154. The predicted octanol–water partition coefficient (Wildman–Crippen LogP) is 5.00. The number of pyridine rings is 1. The standard InChI is InChI=1S/C26H21FN4O3/c1-15-23-20(30-31-25(32)21-14-13-16-7-2-4-9-18(16)28-21)11-6-12-22(23)34-24(15)26(33)29-19-10-5-3-8-17(19)27/h2-5,7-10,13-14H,6,11-12H2,1H3,(H,29,33)(H,31,32)/b30-20+. The monoisotopic (exact) mass is 456 g/mol. The molecule has 2 aromatic heterocycles. The molecule has 0 fully saturated rings. The molecule has 0 saturated heterocycles. The highest BCUT2D eigenvalue weighted by molar-refractivity contribution is 6.09. The summed E-state index contributed by atoms with van der Waals surface area (Å²) in [6, 6.07) is 17.0. The van der Waals surface area contributed by atoms with Crippen LogP contribution in [0.3, 0.4) is 0 Å². The molecule has 0 spiro atoms. The Morgan fingerprint density at radius 3 is 2.65 bits per heavy atom. The van der Waals surface area contributed by atoms with Crippen molar-refractivity contribution in [1.82, 2.24) is 10.4 Å². The first-order chi connectivity index (χ1) is 16.5. The van der Waals surface area contributed by atoms with Crippen LogP contribution in [0, 0.1) is 12.7 Å². The lowest BCUT2D eigenvalue weighted by atomic mass is 9.93. The SMILES string of the molecule is Cc1c(C(=O)Nc2ccccc2F)oc2c1/C(=N/NC(=O)c1ccc3ccccc3n1)CCC2. The van der Waals surface area contributed by atoms with Gasteiger partial charge in [0.2, 0.25) is 0 Å². The number of halogens is 1. The lowest BCUT2D eigenvalue weighted by Crippen LogP contribution is -2.23. The molecular weight excluding hydrogens is 435 g/mol. The summed E-state index contributed by atoms with van der Waals surface area (Å²) in [5.41, 5.74) is 5.56. The number of nitrogens with zero attached hydrogens (tertiary/aromatic N) is 2. The van der Waals surface area contributed by atoms with Gasteiger partial charge in [-0.15, -0.1) is 0 Å². The van der Waals surface area contributed by atoms with Gasteiger partial charge in [-0.25, -0.2) is 14.8 Å². The quantitative estimate of drug-likeness (QED) is 0.423. The molecule has 4 aromatic rings. The number of benzene rings is 2. The van der Waals surface area contributed by atoms with Crippen molar-refractivity contribution in [3.05, 3.63) is 94.8 Å². The van der Waals surface area contributed by atoms with Crippen molar-refractivity contribution in [2.75, 3.05) is 5.32 Å². The first-order valence-corrected chi connectivity index (χ1v) is 10.9. The van der Waals surface area contributed by atoms with Gasteiger partial charge in [-0.1, -0.05) is 36.4 Å². The molecule has 1 aliphatic rings. The molecule has 0 saturated carbocycles. The topological polar surface area (TPSA) is 96.6 Å². The Morgan fingerprint density at radius 2 is 1.79 bits per heavy atom. The minimum Gasteiger partial charge on any atom is -0.455 e. The van der Waals surface area contributed by atoms with Gasteiger partial charge in [-0.05, 0) is 44.0 Å². The van der Waals surface area contributed by atoms with Crippen LogP contribution in [0.1, 0.15) is 50.8 Å². The highest BCUT2D eigenvalue weighted by Crippen LogP contribution is 2.30. The first kappa shape index (κ1) is 21.5. The summed E-state index contributed by atoms with van der Waals surface area (Å²) in [4.78, 5) is 29.8. The number of hydrogen-bond acceptors (Lipinski definition) is 5. The number of hydrogen-bond donors (Lipinski definition) is 2. The second kappa shape index (κ2) is 8.90. The molecule has 0 atom stereocenters. The molecule has 0 aliphatic heterocycles. The van der Waals surface area contributed by atoms with Crippen LogP contribution >= 0.6 is 0 Å². The zero-order valence-electron chi connectivity index (χ0n) is 18.4. The van der Waals surface area contributed by atoms with Gasteiger partial charge < -0.3 is 9.73 Å². The van der Waals surface area contributed by atoms with E-state index in [2.05, 4.69) is 20.8 Å². The van der Waals surface area contributed by atoms with E-state index in [0.717, 1.165) is 17.3 Å². The van der Waals surface area contributed by atoms with Crippen molar-refractivity contribution in [2.24, 2.45) is 5.10 Å². The number of carbonyl (C=O) groups is 2. The maximum atomic E-state index is 13.9. The number of anilines is 1. The Bertz CT molecular complexity index is 1460. The highest BCUT2D eigenvalue weighted by Gasteiger charge is 2.28. The largest absolute Gasteiger partial charge is 0.455 e. The smallest absolute Gasteiger partial charge is 0.291 e. The molecular formula is C26H21FN4O3. The molecule has 1 aliphatic carbocycles. The number of aryl methyl sites for hydroxylation is 1. The molecule has 170 valence electrons. The molecule has 2 aromatic carbocycles. The van der Waals surface area contributed by atoms with Gasteiger partial charge >= 0.3 is 0 Å². The molecule has 2 N–H and O–H groups in total. The fourth-order valence-corrected chi connectivity index (χ4v) is 4.11. The van der Waals surface area contributed by atoms with Crippen molar-refractivity contribution in [3.63, 3.8) is 0 Å². The van der Waals surface area contributed by atoms with Crippen molar-refractivity contribution in [1.29, 1.82) is 0 Å². The zero-order valence-corrected chi connectivity index (χ0v) is 18.4. The lowest BCUT2D eigenvalue weighted by Gasteiger charge is -2.13. The van der Waals surface area contributed by atoms with E-state index in [1.54, 1.807) is 25.1 Å². The third-order valence-electron chi connectivity index (χ3n) is 5.78. The number of para-hydroxylation sites is 2. The minimum absolute atomic E-state index is 0.0744. The predicted molar refractivity (Wildman–Crippen MR) is 126 cm³/mol. The molecule has 7 nitrogen and oxygen atoms in total. The number of nitrogens with one attached hydrogen (secondary N) is 2. The van der Waals surface area contributed by atoms with Crippen LogP contribution in [0.2, 0.25) is 0 Å². The maximum absolute atomic E-state index is 13.9. The third-order valence-corrected chi connectivity index (χ3v) is 5.78. The normalized spacial score (nSPS) is 14.1. The number of carbonyl (C=O) groups excluding carboxylic acids is 2. The summed E-state index contributed by atoms with van der Waals surface area (Å²) in [6.07, 6.45) is 2.02. The Balaban J connectivity index is 1.38. The Labute approximate surface area is 194 Å². The van der Waals surface area contributed by atoms with Crippen molar-refractivity contribution in [2.45, 2.75) is 26.2 Å². The van der Waals surface area contributed by atoms with E-state index >= 15 is 0 Å². The molecule has 2 heterocycles. The number of rotatable bonds is 4. The van der Waals surface area contributed by atoms with E-state index in [-0.39, 0.29) is 17.1 Å². The maximum Gasteiger partial charge on any atom is 0.291 e. The number of hydrazone groups is 1. The molecule has 0 unspecified atom stereocenters. The summed E-state index contributed by atoms with van der Waals surface area (Å²) in [5.74, 6) is -0.772. The number of fused-ring (bicyclic) bond motifs is 2. The van der Waals surface area contributed by atoms with E-state index in [1.807, 2.05) is 30.3 Å². The Morgan fingerprint density at radius 1 is 1.00 bits per heavy atom. The minimum atomic E-state index is -0.541. The molecule has 34 heavy (non-hydrogen) atoms. The van der Waals surface area contributed by atoms with Crippen molar-refractivity contribution >= 4 is 34.1 Å². The van der Waals surface area contributed by atoms with Gasteiger partial charge in [-0.2, -0.15) is 5.10 Å². The van der Waals surface area contributed by atoms with E-state index in [1.165, 1.54) is 12.1 Å². The first-order valence-electron chi connectivity index (χ1n) is 10.9. The van der Waals surface area contributed by atoms with Crippen LogP contribution in [0.4, 0.5) is 10.1 Å². The van der Waals surface area contributed by atoms with Gasteiger partial charge in [0.05, 0.1) is 16.9 Å². The number of furan rings is 1. The van der Waals surface area contributed by atoms with E-state index in [9.17, 15) is 14.0 Å².